The molecule has 0 atom stereocenters. The summed E-state index contributed by atoms with van der Waals surface area (Å²) in [5.74, 6) is 0.267. The molecule has 0 aromatic heterocycles. The van der Waals surface area contributed by atoms with Crippen LogP contribution in [0.25, 0.3) is 0 Å². The fourth-order valence-corrected chi connectivity index (χ4v) is 2.77. The van der Waals surface area contributed by atoms with E-state index in [1.807, 2.05) is 39.0 Å². The van der Waals surface area contributed by atoms with Crippen molar-refractivity contribution in [2.45, 2.75) is 34.1 Å². The average Bonchev–Trinajstić information content (AvgIpc) is 2.70. The van der Waals surface area contributed by atoms with Gasteiger partial charge in [-0.3, -0.25) is 4.79 Å². The lowest BCUT2D eigenvalue weighted by atomic mass is 10.0. The summed E-state index contributed by atoms with van der Waals surface area (Å²) in [6.45, 7) is 8.12. The van der Waals surface area contributed by atoms with Gasteiger partial charge in [-0.1, -0.05) is 23.8 Å². The summed E-state index contributed by atoms with van der Waals surface area (Å²) in [5, 5.41) is 4.02. The lowest BCUT2D eigenvalue weighted by Gasteiger charge is -2.12. The molecule has 2 aromatic rings. The Labute approximate surface area is 177 Å². The zero-order valence-electron chi connectivity index (χ0n) is 17.9. The third-order valence-electron chi connectivity index (χ3n) is 4.17. The number of nitrogens with one attached hydrogen (secondary N) is 1. The molecule has 1 amide bonds. The van der Waals surface area contributed by atoms with Gasteiger partial charge in [-0.25, -0.2) is 10.2 Å². The molecular formula is C23H28N2O5. The van der Waals surface area contributed by atoms with Crippen LogP contribution >= 0.6 is 0 Å². The Morgan fingerprint density at radius 1 is 1.00 bits per heavy atom. The zero-order chi connectivity index (χ0) is 21.9. The number of carbonyl (C=O) groups excluding carboxylic acids is 2. The van der Waals surface area contributed by atoms with E-state index in [0.29, 0.717) is 30.3 Å². The van der Waals surface area contributed by atoms with Crippen molar-refractivity contribution in [2.24, 2.45) is 5.10 Å². The second kappa shape index (κ2) is 11.6. The van der Waals surface area contributed by atoms with E-state index in [0.717, 1.165) is 16.7 Å². The van der Waals surface area contributed by atoms with E-state index in [1.165, 1.54) is 6.21 Å². The highest BCUT2D eigenvalue weighted by Gasteiger charge is 2.10. The van der Waals surface area contributed by atoms with Crippen LogP contribution in [0.5, 0.6) is 11.5 Å². The van der Waals surface area contributed by atoms with Gasteiger partial charge in [0.25, 0.3) is 0 Å². The van der Waals surface area contributed by atoms with Crippen molar-refractivity contribution in [1.82, 2.24) is 5.43 Å². The fraction of sp³-hybridized carbons (Fsp3) is 0.348. The summed E-state index contributed by atoms with van der Waals surface area (Å²) in [4.78, 5) is 23.6. The molecular weight excluding hydrogens is 384 g/mol. The molecule has 0 radical (unpaired) electrons. The molecule has 0 bridgehead atoms. The topological polar surface area (TPSA) is 86.2 Å². The smallest absolute Gasteiger partial charge is 0.344 e. The highest BCUT2D eigenvalue weighted by atomic mass is 16.6. The Hall–Kier alpha value is -3.35. The van der Waals surface area contributed by atoms with Crippen molar-refractivity contribution in [3.63, 3.8) is 0 Å². The average molecular weight is 412 g/mol. The SMILES string of the molecule is CCOC(=O)COc1ccc(/C=N\NC(=O)Cc2ccc(C)cc2C)cc1OCC. The van der Waals surface area contributed by atoms with Crippen molar-refractivity contribution in [3.8, 4) is 11.5 Å². The Kier molecular flexibility index (Phi) is 8.87. The lowest BCUT2D eigenvalue weighted by Crippen LogP contribution is -2.20. The molecule has 0 heterocycles. The summed E-state index contributed by atoms with van der Waals surface area (Å²) < 4.78 is 15.9. The Morgan fingerprint density at radius 2 is 1.80 bits per heavy atom. The van der Waals surface area contributed by atoms with Crippen molar-refractivity contribution in [3.05, 3.63) is 58.7 Å². The second-order valence-electron chi connectivity index (χ2n) is 6.63. The molecule has 160 valence electrons. The summed E-state index contributed by atoms with van der Waals surface area (Å²) in [7, 11) is 0. The summed E-state index contributed by atoms with van der Waals surface area (Å²) in [6, 6.07) is 11.2. The van der Waals surface area contributed by atoms with Gasteiger partial charge in [-0.05, 0) is 62.6 Å². The molecule has 0 spiro atoms. The number of ether oxygens (including phenoxy) is 3. The summed E-state index contributed by atoms with van der Waals surface area (Å²) in [6.07, 6.45) is 1.78. The quantitative estimate of drug-likeness (QED) is 0.367. The fourth-order valence-electron chi connectivity index (χ4n) is 2.77. The van der Waals surface area contributed by atoms with Crippen LogP contribution in [0.15, 0.2) is 41.5 Å². The minimum Gasteiger partial charge on any atom is -0.490 e. The van der Waals surface area contributed by atoms with E-state index in [-0.39, 0.29) is 18.9 Å². The van der Waals surface area contributed by atoms with Gasteiger partial charge < -0.3 is 14.2 Å². The number of hydrogen-bond donors (Lipinski definition) is 1. The molecule has 0 saturated heterocycles. The molecule has 30 heavy (non-hydrogen) atoms. The number of aryl methyl sites for hydroxylation is 2. The van der Waals surface area contributed by atoms with Gasteiger partial charge in [0, 0.05) is 0 Å². The second-order valence-corrected chi connectivity index (χ2v) is 6.63. The molecule has 0 aliphatic rings. The third kappa shape index (κ3) is 7.24. The maximum Gasteiger partial charge on any atom is 0.344 e. The van der Waals surface area contributed by atoms with Crippen molar-refractivity contribution in [1.29, 1.82) is 0 Å². The third-order valence-corrected chi connectivity index (χ3v) is 4.17. The number of esters is 1. The zero-order valence-corrected chi connectivity index (χ0v) is 17.9. The maximum atomic E-state index is 12.2. The van der Waals surface area contributed by atoms with Gasteiger partial charge in [0.15, 0.2) is 18.1 Å². The first-order valence-corrected chi connectivity index (χ1v) is 9.86. The number of hydrazone groups is 1. The van der Waals surface area contributed by atoms with Gasteiger partial charge in [-0.15, -0.1) is 0 Å². The van der Waals surface area contributed by atoms with Gasteiger partial charge in [0.1, 0.15) is 0 Å². The van der Waals surface area contributed by atoms with E-state index in [4.69, 9.17) is 14.2 Å². The predicted octanol–water partition coefficient (Wildman–Crippen LogP) is 3.34. The molecule has 7 nitrogen and oxygen atoms in total. The minimum atomic E-state index is -0.447. The molecule has 0 saturated carbocycles. The van der Waals surface area contributed by atoms with E-state index in [2.05, 4.69) is 10.5 Å². The van der Waals surface area contributed by atoms with Crippen LogP contribution in [0.2, 0.25) is 0 Å². The molecule has 0 aliphatic carbocycles. The standard InChI is InChI=1S/C23H28N2O5/c1-5-28-21-12-18(8-10-20(21)30-15-23(27)29-6-2)14-24-25-22(26)13-19-9-7-16(3)11-17(19)4/h7-12,14H,5-6,13,15H2,1-4H3,(H,25,26)/b24-14-. The van der Waals surface area contributed by atoms with E-state index in [1.54, 1.807) is 25.1 Å². The molecule has 1 N–H and O–H groups in total. The monoisotopic (exact) mass is 412 g/mol. The maximum absolute atomic E-state index is 12.2. The number of hydrogen-bond acceptors (Lipinski definition) is 6. The molecule has 2 rings (SSSR count). The van der Waals surface area contributed by atoms with Crippen LogP contribution < -0.4 is 14.9 Å². The molecule has 0 fully saturated rings. The van der Waals surface area contributed by atoms with Crippen LogP contribution in [-0.4, -0.2) is 37.9 Å². The van der Waals surface area contributed by atoms with Crippen molar-refractivity contribution in [2.75, 3.05) is 19.8 Å². The molecule has 2 aromatic carbocycles. The first-order chi connectivity index (χ1) is 14.4. The highest BCUT2D eigenvalue weighted by molar-refractivity contribution is 5.84. The van der Waals surface area contributed by atoms with Crippen molar-refractivity contribution >= 4 is 18.1 Å². The molecule has 0 unspecified atom stereocenters. The van der Waals surface area contributed by atoms with Crippen LogP contribution in [0.3, 0.4) is 0 Å². The highest BCUT2D eigenvalue weighted by Crippen LogP contribution is 2.28. The first-order valence-electron chi connectivity index (χ1n) is 9.86. The Morgan fingerprint density at radius 3 is 2.50 bits per heavy atom. The first kappa shape index (κ1) is 22.9. The van der Waals surface area contributed by atoms with Crippen LogP contribution in [0, 0.1) is 13.8 Å². The number of benzene rings is 2. The number of amides is 1. The van der Waals surface area contributed by atoms with Gasteiger partial charge in [0.2, 0.25) is 5.91 Å². The largest absolute Gasteiger partial charge is 0.490 e. The summed E-state index contributed by atoms with van der Waals surface area (Å²) in [5.41, 5.74) is 6.46. The molecule has 7 heteroatoms. The predicted molar refractivity (Wildman–Crippen MR) is 115 cm³/mol. The van der Waals surface area contributed by atoms with Crippen LogP contribution in [0.4, 0.5) is 0 Å². The lowest BCUT2D eigenvalue weighted by molar-refractivity contribution is -0.145. The number of rotatable bonds is 10. The van der Waals surface area contributed by atoms with E-state index < -0.39 is 5.97 Å². The van der Waals surface area contributed by atoms with Gasteiger partial charge in [-0.2, -0.15) is 5.10 Å². The van der Waals surface area contributed by atoms with Crippen LogP contribution in [-0.2, 0) is 20.7 Å². The number of nitrogens with zero attached hydrogens (tertiary/aromatic N) is 1. The Bertz CT molecular complexity index is 908. The summed E-state index contributed by atoms with van der Waals surface area (Å²) >= 11 is 0. The minimum absolute atomic E-state index is 0.197. The van der Waals surface area contributed by atoms with E-state index >= 15 is 0 Å². The van der Waals surface area contributed by atoms with Gasteiger partial charge in [0.05, 0.1) is 25.8 Å². The van der Waals surface area contributed by atoms with Gasteiger partial charge >= 0.3 is 5.97 Å². The van der Waals surface area contributed by atoms with Crippen molar-refractivity contribution < 1.29 is 23.8 Å². The molecule has 0 aliphatic heterocycles. The van der Waals surface area contributed by atoms with Crippen LogP contribution in [0.1, 0.15) is 36.1 Å². The normalized spacial score (nSPS) is 10.7. The Balaban J connectivity index is 1.97. The van der Waals surface area contributed by atoms with E-state index in [9.17, 15) is 9.59 Å². The number of carbonyl (C=O) groups is 2.